The third-order valence-corrected chi connectivity index (χ3v) is 3.17. The molecule has 0 aromatic carbocycles. The minimum absolute atomic E-state index is 0.463. The van der Waals surface area contributed by atoms with Crippen molar-refractivity contribution >= 4 is 17.6 Å². The monoisotopic (exact) mass is 206 g/mol. The standard InChI is InChI=1S/C10H10N2OS/c1-8-9(4-7-13)14-10(11-8)12-5-2-3-6-12/h2-3,5-7H,4H2,1H3. The summed E-state index contributed by atoms with van der Waals surface area (Å²) >= 11 is 1.56. The molecule has 0 aliphatic heterocycles. The third kappa shape index (κ3) is 1.61. The Morgan fingerprint density at radius 2 is 2.21 bits per heavy atom. The van der Waals surface area contributed by atoms with Gasteiger partial charge >= 0.3 is 0 Å². The molecule has 0 radical (unpaired) electrons. The second kappa shape index (κ2) is 3.75. The average molecular weight is 206 g/mol. The molecule has 2 heterocycles. The van der Waals surface area contributed by atoms with Gasteiger partial charge < -0.3 is 9.36 Å². The fourth-order valence-electron chi connectivity index (χ4n) is 1.25. The predicted molar refractivity (Wildman–Crippen MR) is 55.9 cm³/mol. The van der Waals surface area contributed by atoms with Crippen molar-refractivity contribution in [2.75, 3.05) is 0 Å². The van der Waals surface area contributed by atoms with E-state index in [9.17, 15) is 4.79 Å². The molecular weight excluding hydrogens is 196 g/mol. The van der Waals surface area contributed by atoms with Crippen molar-refractivity contribution in [2.24, 2.45) is 0 Å². The van der Waals surface area contributed by atoms with Crippen LogP contribution in [0.2, 0.25) is 0 Å². The molecule has 0 bridgehead atoms. The molecule has 4 heteroatoms. The molecule has 0 aliphatic carbocycles. The molecular formula is C10H10N2OS. The van der Waals surface area contributed by atoms with Crippen molar-refractivity contribution in [2.45, 2.75) is 13.3 Å². The zero-order valence-electron chi connectivity index (χ0n) is 7.80. The normalized spacial score (nSPS) is 10.4. The van der Waals surface area contributed by atoms with Gasteiger partial charge in [-0.25, -0.2) is 4.98 Å². The van der Waals surface area contributed by atoms with Crippen molar-refractivity contribution in [3.8, 4) is 5.13 Å². The van der Waals surface area contributed by atoms with E-state index in [2.05, 4.69) is 4.98 Å². The maximum atomic E-state index is 10.4. The van der Waals surface area contributed by atoms with Crippen molar-refractivity contribution in [1.29, 1.82) is 0 Å². The molecule has 0 spiro atoms. The van der Waals surface area contributed by atoms with Crippen molar-refractivity contribution in [1.82, 2.24) is 9.55 Å². The van der Waals surface area contributed by atoms with Crippen molar-refractivity contribution < 1.29 is 4.79 Å². The lowest BCUT2D eigenvalue weighted by Gasteiger charge is -1.92. The van der Waals surface area contributed by atoms with Gasteiger partial charge in [0.25, 0.3) is 0 Å². The Labute approximate surface area is 86.0 Å². The molecule has 0 atom stereocenters. The van der Waals surface area contributed by atoms with Crippen LogP contribution in [0.3, 0.4) is 0 Å². The molecule has 0 saturated heterocycles. The van der Waals surface area contributed by atoms with Crippen LogP contribution in [-0.4, -0.2) is 15.8 Å². The molecule has 14 heavy (non-hydrogen) atoms. The van der Waals surface area contributed by atoms with E-state index in [1.807, 2.05) is 36.0 Å². The second-order valence-electron chi connectivity index (χ2n) is 2.97. The first-order valence-electron chi connectivity index (χ1n) is 4.34. The molecule has 0 amide bonds. The summed E-state index contributed by atoms with van der Waals surface area (Å²) in [5.41, 5.74) is 0.950. The largest absolute Gasteiger partial charge is 0.303 e. The van der Waals surface area contributed by atoms with Crippen molar-refractivity contribution in [3.63, 3.8) is 0 Å². The van der Waals surface area contributed by atoms with Gasteiger partial charge in [-0.05, 0) is 19.1 Å². The lowest BCUT2D eigenvalue weighted by atomic mass is 10.3. The first kappa shape index (κ1) is 9.15. The molecule has 0 unspecified atom stereocenters. The summed E-state index contributed by atoms with van der Waals surface area (Å²) in [7, 11) is 0. The highest BCUT2D eigenvalue weighted by molar-refractivity contribution is 7.14. The molecule has 2 aromatic heterocycles. The Balaban J connectivity index is 2.37. The minimum atomic E-state index is 0.463. The van der Waals surface area contributed by atoms with Gasteiger partial charge in [0.05, 0.1) is 5.69 Å². The summed E-state index contributed by atoms with van der Waals surface area (Å²) in [6.45, 7) is 1.93. The number of thiazole rings is 1. The highest BCUT2D eigenvalue weighted by Gasteiger charge is 2.07. The molecule has 0 saturated carbocycles. The van der Waals surface area contributed by atoms with Crippen LogP contribution in [0.1, 0.15) is 10.6 Å². The van der Waals surface area contributed by atoms with Crippen LogP contribution in [0.25, 0.3) is 5.13 Å². The second-order valence-corrected chi connectivity index (χ2v) is 4.03. The van der Waals surface area contributed by atoms with Gasteiger partial charge in [0, 0.05) is 23.7 Å². The first-order valence-corrected chi connectivity index (χ1v) is 5.16. The van der Waals surface area contributed by atoms with Crippen LogP contribution in [0, 0.1) is 6.92 Å². The lowest BCUT2D eigenvalue weighted by Crippen LogP contribution is -1.87. The number of aromatic nitrogens is 2. The lowest BCUT2D eigenvalue weighted by molar-refractivity contribution is -0.107. The highest BCUT2D eigenvalue weighted by atomic mass is 32.1. The first-order chi connectivity index (χ1) is 6.81. The van der Waals surface area contributed by atoms with E-state index >= 15 is 0 Å². The Hall–Kier alpha value is -1.42. The molecule has 3 nitrogen and oxygen atoms in total. The van der Waals surface area contributed by atoms with Gasteiger partial charge in [-0.3, -0.25) is 0 Å². The zero-order valence-corrected chi connectivity index (χ0v) is 8.62. The molecule has 0 N–H and O–H groups in total. The number of aldehydes is 1. The number of nitrogens with zero attached hydrogens (tertiary/aromatic N) is 2. The molecule has 0 aliphatic rings. The molecule has 2 aromatic rings. The summed E-state index contributed by atoms with van der Waals surface area (Å²) in [6, 6.07) is 3.91. The topological polar surface area (TPSA) is 34.9 Å². The SMILES string of the molecule is Cc1nc(-n2cccc2)sc1CC=O. The van der Waals surface area contributed by atoms with Gasteiger partial charge in [-0.2, -0.15) is 0 Å². The van der Waals surface area contributed by atoms with Gasteiger partial charge in [0.15, 0.2) is 5.13 Å². The van der Waals surface area contributed by atoms with E-state index in [1.54, 1.807) is 11.3 Å². The smallest absolute Gasteiger partial charge is 0.193 e. The van der Waals surface area contributed by atoms with Gasteiger partial charge in [0.1, 0.15) is 6.29 Å². The van der Waals surface area contributed by atoms with Crippen LogP contribution in [0.15, 0.2) is 24.5 Å². The molecule has 0 fully saturated rings. The van der Waals surface area contributed by atoms with E-state index in [0.29, 0.717) is 6.42 Å². The van der Waals surface area contributed by atoms with Crippen LogP contribution in [0.5, 0.6) is 0 Å². The van der Waals surface area contributed by atoms with Gasteiger partial charge in [0.2, 0.25) is 0 Å². The summed E-state index contributed by atoms with van der Waals surface area (Å²) in [6.07, 6.45) is 5.27. The van der Waals surface area contributed by atoms with Crippen LogP contribution in [-0.2, 0) is 11.2 Å². The Bertz CT molecular complexity index is 431. The maximum absolute atomic E-state index is 10.4. The number of carbonyl (C=O) groups excluding carboxylic acids is 1. The number of carbonyl (C=O) groups is 1. The van der Waals surface area contributed by atoms with Gasteiger partial charge in [-0.15, -0.1) is 11.3 Å². The minimum Gasteiger partial charge on any atom is -0.303 e. The highest BCUT2D eigenvalue weighted by Crippen LogP contribution is 2.21. The Morgan fingerprint density at radius 3 is 2.86 bits per heavy atom. The number of rotatable bonds is 3. The fourth-order valence-corrected chi connectivity index (χ4v) is 2.23. The van der Waals surface area contributed by atoms with Gasteiger partial charge in [-0.1, -0.05) is 0 Å². The van der Waals surface area contributed by atoms with Crippen molar-refractivity contribution in [3.05, 3.63) is 35.1 Å². The maximum Gasteiger partial charge on any atom is 0.193 e. The Morgan fingerprint density at radius 1 is 1.50 bits per heavy atom. The molecule has 72 valence electrons. The summed E-state index contributed by atoms with van der Waals surface area (Å²) in [5.74, 6) is 0. The number of aryl methyl sites for hydroxylation is 1. The van der Waals surface area contributed by atoms with Crippen LogP contribution >= 0.6 is 11.3 Å². The van der Waals surface area contributed by atoms with E-state index < -0.39 is 0 Å². The fraction of sp³-hybridized carbons (Fsp3) is 0.200. The summed E-state index contributed by atoms with van der Waals surface area (Å²) in [5, 5.41) is 0.921. The van der Waals surface area contributed by atoms with E-state index in [4.69, 9.17) is 0 Å². The Kier molecular flexibility index (Phi) is 2.45. The summed E-state index contributed by atoms with van der Waals surface area (Å²) in [4.78, 5) is 15.8. The van der Waals surface area contributed by atoms with Crippen LogP contribution < -0.4 is 0 Å². The average Bonchev–Trinajstić information content (AvgIpc) is 2.76. The number of hydrogen-bond donors (Lipinski definition) is 0. The van der Waals surface area contributed by atoms with E-state index in [1.165, 1.54) is 0 Å². The van der Waals surface area contributed by atoms with E-state index in [-0.39, 0.29) is 0 Å². The zero-order chi connectivity index (χ0) is 9.97. The molecule has 2 rings (SSSR count). The van der Waals surface area contributed by atoms with Crippen LogP contribution in [0.4, 0.5) is 0 Å². The predicted octanol–water partition coefficient (Wildman–Crippen LogP) is 1.98. The third-order valence-electron chi connectivity index (χ3n) is 1.98. The number of hydrogen-bond acceptors (Lipinski definition) is 3. The quantitative estimate of drug-likeness (QED) is 0.720. The van der Waals surface area contributed by atoms with E-state index in [0.717, 1.165) is 22.0 Å². The summed E-state index contributed by atoms with van der Waals surface area (Å²) < 4.78 is 1.95.